The van der Waals surface area contributed by atoms with E-state index in [0.717, 1.165) is 76.2 Å². The molecule has 0 radical (unpaired) electrons. The minimum atomic E-state index is 0.487. The van der Waals surface area contributed by atoms with Crippen molar-refractivity contribution in [3.05, 3.63) is 17.5 Å². The summed E-state index contributed by atoms with van der Waals surface area (Å²) < 4.78 is 16.3. The zero-order valence-corrected chi connectivity index (χ0v) is 14.8. The van der Waals surface area contributed by atoms with Crippen LogP contribution in [0.1, 0.15) is 38.1 Å². The second-order valence-corrected chi connectivity index (χ2v) is 5.92. The molecular weight excluding hydrogens is 308 g/mol. The number of aliphatic imine (C=N–C) groups is 1. The molecule has 1 aromatic rings. The van der Waals surface area contributed by atoms with Crippen molar-refractivity contribution in [3.8, 4) is 0 Å². The Hall–Kier alpha value is -1.60. The highest BCUT2D eigenvalue weighted by Crippen LogP contribution is 2.12. The van der Waals surface area contributed by atoms with Gasteiger partial charge < -0.3 is 24.6 Å². The van der Waals surface area contributed by atoms with Gasteiger partial charge in [-0.05, 0) is 26.2 Å². The van der Waals surface area contributed by atoms with Crippen molar-refractivity contribution < 1.29 is 14.0 Å². The molecule has 0 bridgehead atoms. The van der Waals surface area contributed by atoms with Crippen LogP contribution in [-0.2, 0) is 22.4 Å². The summed E-state index contributed by atoms with van der Waals surface area (Å²) in [5, 5.41) is 10.5. The monoisotopic (exact) mass is 338 g/mol. The zero-order valence-electron chi connectivity index (χ0n) is 14.8. The number of guanidine groups is 1. The molecule has 7 heteroatoms. The van der Waals surface area contributed by atoms with Gasteiger partial charge in [-0.1, -0.05) is 12.1 Å². The van der Waals surface area contributed by atoms with Crippen LogP contribution in [0.5, 0.6) is 0 Å². The molecule has 136 valence electrons. The van der Waals surface area contributed by atoms with E-state index < -0.39 is 0 Å². The highest BCUT2D eigenvalue weighted by molar-refractivity contribution is 5.79. The summed E-state index contributed by atoms with van der Waals surface area (Å²) in [5.74, 6) is 2.15. The van der Waals surface area contributed by atoms with Crippen molar-refractivity contribution in [2.75, 3.05) is 39.5 Å². The van der Waals surface area contributed by atoms with Gasteiger partial charge >= 0.3 is 0 Å². The maximum atomic E-state index is 5.70. The lowest BCUT2D eigenvalue weighted by Crippen LogP contribution is -2.38. The number of aryl methyl sites for hydroxylation is 1. The van der Waals surface area contributed by atoms with Gasteiger partial charge in [-0.25, -0.2) is 4.99 Å². The Morgan fingerprint density at radius 2 is 2.33 bits per heavy atom. The minimum Gasteiger partial charge on any atom is -0.381 e. The molecule has 2 rings (SSSR count). The SMILES string of the molecule is CCNC(=NCc1cc(CC)no1)NCCCOCC1CCOC1. The number of nitrogens with zero attached hydrogens (tertiary/aromatic N) is 2. The molecule has 1 atom stereocenters. The Balaban J connectivity index is 1.61. The van der Waals surface area contributed by atoms with E-state index in [4.69, 9.17) is 14.0 Å². The van der Waals surface area contributed by atoms with Crippen molar-refractivity contribution >= 4 is 5.96 Å². The molecule has 0 aliphatic carbocycles. The Morgan fingerprint density at radius 3 is 3.04 bits per heavy atom. The molecule has 1 aromatic heterocycles. The van der Waals surface area contributed by atoms with Gasteiger partial charge in [0, 0.05) is 38.3 Å². The summed E-state index contributed by atoms with van der Waals surface area (Å²) in [6.07, 6.45) is 2.94. The van der Waals surface area contributed by atoms with Crippen LogP contribution in [0.25, 0.3) is 0 Å². The maximum absolute atomic E-state index is 5.70. The van der Waals surface area contributed by atoms with E-state index >= 15 is 0 Å². The third-order valence-corrected chi connectivity index (χ3v) is 3.84. The van der Waals surface area contributed by atoms with Crippen molar-refractivity contribution in [2.45, 2.75) is 39.7 Å². The highest BCUT2D eigenvalue weighted by atomic mass is 16.5. The molecule has 0 spiro atoms. The lowest BCUT2D eigenvalue weighted by atomic mass is 10.1. The van der Waals surface area contributed by atoms with Crippen molar-refractivity contribution in [1.29, 1.82) is 0 Å². The van der Waals surface area contributed by atoms with E-state index in [1.165, 1.54) is 0 Å². The average Bonchev–Trinajstić information content (AvgIpc) is 3.27. The quantitative estimate of drug-likeness (QED) is 0.384. The lowest BCUT2D eigenvalue weighted by Gasteiger charge is -2.12. The molecule has 24 heavy (non-hydrogen) atoms. The number of hydrogen-bond donors (Lipinski definition) is 2. The summed E-state index contributed by atoms with van der Waals surface area (Å²) in [6, 6.07) is 1.95. The Kier molecular flexibility index (Phi) is 8.62. The van der Waals surface area contributed by atoms with Crippen molar-refractivity contribution in [3.63, 3.8) is 0 Å². The fraction of sp³-hybridized carbons (Fsp3) is 0.765. The largest absolute Gasteiger partial charge is 0.381 e. The van der Waals surface area contributed by atoms with E-state index in [9.17, 15) is 0 Å². The smallest absolute Gasteiger partial charge is 0.191 e. The lowest BCUT2D eigenvalue weighted by molar-refractivity contribution is 0.0888. The van der Waals surface area contributed by atoms with Gasteiger partial charge in [-0.3, -0.25) is 0 Å². The molecular formula is C17H30N4O3. The van der Waals surface area contributed by atoms with E-state index in [0.29, 0.717) is 12.5 Å². The molecule has 1 aliphatic rings. The average molecular weight is 338 g/mol. The molecule has 1 unspecified atom stereocenters. The number of nitrogens with one attached hydrogen (secondary N) is 2. The number of ether oxygens (including phenoxy) is 2. The van der Waals surface area contributed by atoms with Gasteiger partial charge in [0.2, 0.25) is 0 Å². The maximum Gasteiger partial charge on any atom is 0.191 e. The molecule has 2 N–H and O–H groups in total. The second kappa shape index (κ2) is 11.0. The van der Waals surface area contributed by atoms with Crippen molar-refractivity contribution in [2.24, 2.45) is 10.9 Å². The molecule has 7 nitrogen and oxygen atoms in total. The van der Waals surface area contributed by atoms with Gasteiger partial charge in [0.25, 0.3) is 0 Å². The van der Waals surface area contributed by atoms with E-state index in [2.05, 4.69) is 27.7 Å². The van der Waals surface area contributed by atoms with Crippen LogP contribution in [0.4, 0.5) is 0 Å². The Labute approximate surface area is 144 Å². The summed E-state index contributed by atoms with van der Waals surface area (Å²) in [4.78, 5) is 4.52. The minimum absolute atomic E-state index is 0.487. The summed E-state index contributed by atoms with van der Waals surface area (Å²) in [6.45, 7) is 9.51. The van der Waals surface area contributed by atoms with E-state index in [1.54, 1.807) is 0 Å². The first-order valence-corrected chi connectivity index (χ1v) is 8.94. The van der Waals surface area contributed by atoms with Gasteiger partial charge in [0.15, 0.2) is 11.7 Å². The summed E-state index contributed by atoms with van der Waals surface area (Å²) in [5.41, 5.74) is 0.961. The molecule has 1 fully saturated rings. The van der Waals surface area contributed by atoms with Gasteiger partial charge in [-0.2, -0.15) is 0 Å². The summed E-state index contributed by atoms with van der Waals surface area (Å²) in [7, 11) is 0. The predicted octanol–water partition coefficient (Wildman–Crippen LogP) is 1.74. The first-order chi connectivity index (χ1) is 11.8. The highest BCUT2D eigenvalue weighted by Gasteiger charge is 2.15. The molecule has 1 saturated heterocycles. The molecule has 2 heterocycles. The fourth-order valence-electron chi connectivity index (χ4n) is 2.44. The zero-order chi connectivity index (χ0) is 17.0. The van der Waals surface area contributed by atoms with Crippen LogP contribution in [0.2, 0.25) is 0 Å². The van der Waals surface area contributed by atoms with E-state index in [1.807, 2.05) is 13.0 Å². The Morgan fingerprint density at radius 1 is 1.42 bits per heavy atom. The standard InChI is InChI=1S/C17H30N4O3/c1-3-15-10-16(24-21-15)11-20-17(18-4-2)19-7-5-8-22-12-14-6-9-23-13-14/h10,14H,3-9,11-13H2,1-2H3,(H2,18,19,20). The summed E-state index contributed by atoms with van der Waals surface area (Å²) >= 11 is 0. The number of aromatic nitrogens is 1. The van der Waals surface area contributed by atoms with Gasteiger partial charge in [0.05, 0.1) is 18.9 Å². The third-order valence-electron chi connectivity index (χ3n) is 3.84. The third kappa shape index (κ3) is 6.88. The van der Waals surface area contributed by atoms with Crippen LogP contribution >= 0.6 is 0 Å². The first-order valence-electron chi connectivity index (χ1n) is 8.94. The van der Waals surface area contributed by atoms with Crippen molar-refractivity contribution in [1.82, 2.24) is 15.8 Å². The van der Waals surface area contributed by atoms with Crippen LogP contribution in [-0.4, -0.2) is 50.6 Å². The topological polar surface area (TPSA) is 80.9 Å². The van der Waals surface area contributed by atoms with E-state index in [-0.39, 0.29) is 0 Å². The molecule has 0 amide bonds. The first kappa shape index (κ1) is 18.7. The molecule has 1 aliphatic heterocycles. The van der Waals surface area contributed by atoms with Crippen LogP contribution in [0, 0.1) is 5.92 Å². The Bertz CT molecular complexity index is 484. The van der Waals surface area contributed by atoms with Crippen LogP contribution in [0.15, 0.2) is 15.6 Å². The van der Waals surface area contributed by atoms with Crippen LogP contribution in [0.3, 0.4) is 0 Å². The molecule has 0 saturated carbocycles. The van der Waals surface area contributed by atoms with Crippen LogP contribution < -0.4 is 10.6 Å². The number of hydrogen-bond acceptors (Lipinski definition) is 5. The molecule has 0 aromatic carbocycles. The van der Waals surface area contributed by atoms with Gasteiger partial charge in [0.1, 0.15) is 6.54 Å². The normalized spacial score (nSPS) is 18.1. The second-order valence-electron chi connectivity index (χ2n) is 5.92. The van der Waals surface area contributed by atoms with Gasteiger partial charge in [-0.15, -0.1) is 0 Å². The predicted molar refractivity (Wildman–Crippen MR) is 93.1 cm³/mol. The fourth-order valence-corrected chi connectivity index (χ4v) is 2.44. The number of rotatable bonds is 10.